The standard InChI is InChI=1S/C15H15ClN2O2/c16-11-4-1-3-10(7-11)8-12-9-18-13(15(19)20)5-2-6-14(18)17-12/h1,3-4,7,9,13H,2,5-6,8H2,(H,19,20). The van der Waals surface area contributed by atoms with E-state index in [1.54, 1.807) is 0 Å². The maximum atomic E-state index is 11.3. The number of hydrogen-bond acceptors (Lipinski definition) is 2. The second-order valence-corrected chi connectivity index (χ2v) is 5.55. The molecule has 5 heteroatoms. The fourth-order valence-electron chi connectivity index (χ4n) is 2.72. The van der Waals surface area contributed by atoms with Gasteiger partial charge in [0.05, 0.1) is 5.69 Å². The molecule has 0 fully saturated rings. The largest absolute Gasteiger partial charge is 0.480 e. The van der Waals surface area contributed by atoms with Gasteiger partial charge in [0, 0.05) is 24.1 Å². The van der Waals surface area contributed by atoms with Crippen molar-refractivity contribution in [3.63, 3.8) is 0 Å². The number of aromatic nitrogens is 2. The summed E-state index contributed by atoms with van der Waals surface area (Å²) in [6.45, 7) is 0. The van der Waals surface area contributed by atoms with E-state index in [1.165, 1.54) is 0 Å². The van der Waals surface area contributed by atoms with Crippen molar-refractivity contribution < 1.29 is 9.90 Å². The van der Waals surface area contributed by atoms with Crippen LogP contribution in [-0.2, 0) is 17.6 Å². The lowest BCUT2D eigenvalue weighted by Crippen LogP contribution is -2.24. The maximum Gasteiger partial charge on any atom is 0.326 e. The summed E-state index contributed by atoms with van der Waals surface area (Å²) in [4.78, 5) is 15.8. The minimum atomic E-state index is -0.780. The molecule has 1 aliphatic heterocycles. The molecule has 1 aromatic heterocycles. The Morgan fingerprint density at radius 3 is 3.10 bits per heavy atom. The average Bonchev–Trinajstić information content (AvgIpc) is 2.80. The highest BCUT2D eigenvalue weighted by atomic mass is 35.5. The second kappa shape index (κ2) is 5.29. The Kier molecular flexibility index (Phi) is 3.49. The van der Waals surface area contributed by atoms with Gasteiger partial charge in [-0.05, 0) is 30.5 Å². The number of benzene rings is 1. The van der Waals surface area contributed by atoms with Crippen LogP contribution in [0.25, 0.3) is 0 Å². The molecule has 3 rings (SSSR count). The lowest BCUT2D eigenvalue weighted by atomic mass is 10.1. The number of imidazole rings is 1. The SMILES string of the molecule is O=C(O)C1CCCc2nc(Cc3cccc(Cl)c3)cn21. The van der Waals surface area contributed by atoms with Gasteiger partial charge in [0.15, 0.2) is 0 Å². The van der Waals surface area contributed by atoms with Crippen LogP contribution in [-0.4, -0.2) is 20.6 Å². The molecule has 1 unspecified atom stereocenters. The number of aliphatic carboxylic acids is 1. The first-order valence-electron chi connectivity index (χ1n) is 6.67. The third kappa shape index (κ3) is 2.56. The molecule has 0 radical (unpaired) electrons. The summed E-state index contributed by atoms with van der Waals surface area (Å²) in [5, 5.41) is 9.96. The third-order valence-corrected chi connectivity index (χ3v) is 3.87. The fraction of sp³-hybridized carbons (Fsp3) is 0.333. The van der Waals surface area contributed by atoms with Crippen LogP contribution in [0.2, 0.25) is 5.02 Å². The van der Waals surface area contributed by atoms with E-state index < -0.39 is 12.0 Å². The van der Waals surface area contributed by atoms with Crippen LogP contribution in [0.15, 0.2) is 30.5 Å². The number of halogens is 1. The first-order valence-corrected chi connectivity index (χ1v) is 7.05. The van der Waals surface area contributed by atoms with Crippen LogP contribution in [0, 0.1) is 0 Å². The van der Waals surface area contributed by atoms with E-state index in [1.807, 2.05) is 35.0 Å². The van der Waals surface area contributed by atoms with Gasteiger partial charge in [0.1, 0.15) is 11.9 Å². The van der Waals surface area contributed by atoms with E-state index in [-0.39, 0.29) is 0 Å². The van der Waals surface area contributed by atoms with Crippen LogP contribution in [0.3, 0.4) is 0 Å². The van der Waals surface area contributed by atoms with Gasteiger partial charge in [-0.2, -0.15) is 0 Å². The van der Waals surface area contributed by atoms with Crippen LogP contribution in [0.1, 0.15) is 36.0 Å². The van der Waals surface area contributed by atoms with Gasteiger partial charge in [-0.25, -0.2) is 9.78 Å². The van der Waals surface area contributed by atoms with Crippen molar-refractivity contribution in [3.8, 4) is 0 Å². The summed E-state index contributed by atoms with van der Waals surface area (Å²) >= 11 is 5.97. The van der Waals surface area contributed by atoms with E-state index in [4.69, 9.17) is 11.6 Å². The van der Waals surface area contributed by atoms with Crippen molar-refractivity contribution in [2.24, 2.45) is 0 Å². The first kappa shape index (κ1) is 13.2. The van der Waals surface area contributed by atoms with E-state index in [0.29, 0.717) is 17.9 Å². The van der Waals surface area contributed by atoms with Gasteiger partial charge >= 0.3 is 5.97 Å². The number of nitrogens with zero attached hydrogens (tertiary/aromatic N) is 2. The molecule has 0 aliphatic carbocycles. The van der Waals surface area contributed by atoms with Crippen molar-refractivity contribution >= 4 is 17.6 Å². The minimum Gasteiger partial charge on any atom is -0.480 e. The predicted molar refractivity (Wildman–Crippen MR) is 76.1 cm³/mol. The molecule has 2 aromatic rings. The number of carboxylic acids is 1. The number of aryl methyl sites for hydroxylation is 1. The van der Waals surface area contributed by atoms with Crippen molar-refractivity contribution in [2.75, 3.05) is 0 Å². The van der Waals surface area contributed by atoms with E-state index >= 15 is 0 Å². The Labute approximate surface area is 122 Å². The maximum absolute atomic E-state index is 11.3. The molecule has 1 aromatic carbocycles. The molecule has 0 spiro atoms. The fourth-order valence-corrected chi connectivity index (χ4v) is 2.93. The van der Waals surface area contributed by atoms with Gasteiger partial charge in [-0.3, -0.25) is 0 Å². The molecule has 0 saturated carbocycles. The summed E-state index contributed by atoms with van der Waals surface area (Å²) < 4.78 is 1.81. The van der Waals surface area contributed by atoms with Crippen molar-refractivity contribution in [1.82, 2.24) is 9.55 Å². The highest BCUT2D eigenvalue weighted by Crippen LogP contribution is 2.26. The average molecular weight is 291 g/mol. The molecule has 0 amide bonds. The van der Waals surface area contributed by atoms with E-state index in [0.717, 1.165) is 29.9 Å². The van der Waals surface area contributed by atoms with Crippen molar-refractivity contribution in [1.29, 1.82) is 0 Å². The quantitative estimate of drug-likeness (QED) is 0.945. The van der Waals surface area contributed by atoms with E-state index in [9.17, 15) is 9.90 Å². The zero-order valence-corrected chi connectivity index (χ0v) is 11.7. The smallest absolute Gasteiger partial charge is 0.326 e. The molecule has 1 N–H and O–H groups in total. The number of carboxylic acid groups (broad SMARTS) is 1. The van der Waals surface area contributed by atoms with Gasteiger partial charge in [-0.1, -0.05) is 23.7 Å². The molecule has 0 saturated heterocycles. The Morgan fingerprint density at radius 2 is 2.35 bits per heavy atom. The molecule has 20 heavy (non-hydrogen) atoms. The zero-order valence-electron chi connectivity index (χ0n) is 10.9. The Bertz CT molecular complexity index is 651. The normalized spacial score (nSPS) is 17.8. The summed E-state index contributed by atoms with van der Waals surface area (Å²) in [6, 6.07) is 7.18. The highest BCUT2D eigenvalue weighted by molar-refractivity contribution is 6.30. The van der Waals surface area contributed by atoms with Crippen LogP contribution in [0.4, 0.5) is 0 Å². The molecular formula is C15H15ClN2O2. The number of hydrogen-bond donors (Lipinski definition) is 1. The Hall–Kier alpha value is -1.81. The number of rotatable bonds is 3. The molecule has 2 heterocycles. The molecule has 4 nitrogen and oxygen atoms in total. The molecule has 104 valence electrons. The topological polar surface area (TPSA) is 55.1 Å². The van der Waals surface area contributed by atoms with Crippen LogP contribution in [0.5, 0.6) is 0 Å². The van der Waals surface area contributed by atoms with E-state index in [2.05, 4.69) is 4.98 Å². The molecule has 1 atom stereocenters. The van der Waals surface area contributed by atoms with Gasteiger partial charge < -0.3 is 9.67 Å². The Morgan fingerprint density at radius 1 is 1.50 bits per heavy atom. The number of carbonyl (C=O) groups is 1. The molecular weight excluding hydrogens is 276 g/mol. The van der Waals surface area contributed by atoms with Crippen molar-refractivity contribution in [2.45, 2.75) is 31.7 Å². The molecule has 1 aliphatic rings. The summed E-state index contributed by atoms with van der Waals surface area (Å²) in [6.07, 6.45) is 4.94. The van der Waals surface area contributed by atoms with Crippen LogP contribution < -0.4 is 0 Å². The monoisotopic (exact) mass is 290 g/mol. The van der Waals surface area contributed by atoms with Crippen molar-refractivity contribution in [3.05, 3.63) is 52.6 Å². The third-order valence-electron chi connectivity index (χ3n) is 3.63. The first-order chi connectivity index (χ1) is 9.63. The number of fused-ring (bicyclic) bond motifs is 1. The van der Waals surface area contributed by atoms with Gasteiger partial charge in [0.25, 0.3) is 0 Å². The lowest BCUT2D eigenvalue weighted by Gasteiger charge is -2.20. The minimum absolute atomic E-state index is 0.473. The second-order valence-electron chi connectivity index (χ2n) is 5.11. The van der Waals surface area contributed by atoms with Gasteiger partial charge in [-0.15, -0.1) is 0 Å². The van der Waals surface area contributed by atoms with Gasteiger partial charge in [0.2, 0.25) is 0 Å². The Balaban J connectivity index is 1.87. The highest BCUT2D eigenvalue weighted by Gasteiger charge is 2.26. The summed E-state index contributed by atoms with van der Waals surface area (Å²) in [5.41, 5.74) is 1.98. The van der Waals surface area contributed by atoms with Crippen LogP contribution >= 0.6 is 11.6 Å². The summed E-state index contributed by atoms with van der Waals surface area (Å²) in [5.74, 6) is 0.0957. The predicted octanol–water partition coefficient (Wildman–Crippen LogP) is 3.09. The zero-order chi connectivity index (χ0) is 14.1. The molecule has 0 bridgehead atoms. The lowest BCUT2D eigenvalue weighted by molar-refractivity contribution is -0.141. The summed E-state index contributed by atoms with van der Waals surface area (Å²) in [7, 11) is 0.